The summed E-state index contributed by atoms with van der Waals surface area (Å²) in [6.07, 6.45) is 0.423. The number of nitrogens with zero attached hydrogens (tertiary/aromatic N) is 1. The molecule has 0 bridgehead atoms. The second kappa shape index (κ2) is 8.51. The number of fused-ring (bicyclic) bond motifs is 1. The minimum atomic E-state index is -0.733. The lowest BCUT2D eigenvalue weighted by Crippen LogP contribution is -2.52. The molecular formula is C22H21ClN4O5. The van der Waals surface area contributed by atoms with Crippen molar-refractivity contribution in [2.75, 3.05) is 5.32 Å². The van der Waals surface area contributed by atoms with E-state index in [9.17, 15) is 24.3 Å². The number of piperidine rings is 1. The number of rotatable bonds is 4. The Hall–Kier alpha value is -3.59. The number of halogens is 1. The average Bonchev–Trinajstić information content (AvgIpc) is 3.04. The highest BCUT2D eigenvalue weighted by atomic mass is 35.5. The highest BCUT2D eigenvalue weighted by Crippen LogP contribution is 2.32. The van der Waals surface area contributed by atoms with Gasteiger partial charge in [-0.3, -0.25) is 19.7 Å². The van der Waals surface area contributed by atoms with Crippen molar-refractivity contribution in [3.05, 3.63) is 57.6 Å². The van der Waals surface area contributed by atoms with Gasteiger partial charge in [-0.25, -0.2) is 4.79 Å². The van der Waals surface area contributed by atoms with Crippen LogP contribution in [0.25, 0.3) is 0 Å². The third-order valence-electron chi connectivity index (χ3n) is 5.59. The van der Waals surface area contributed by atoms with Crippen LogP contribution in [0.2, 0.25) is 5.02 Å². The molecule has 2 aliphatic rings. The normalized spacial score (nSPS) is 17.8. The standard InChI is InChI=1S/C22H21ClN4O5/c1-11-2-3-14(7-16(11)23)25-22(32)24-9-12-6-13-10-27(21(31)15(13)8-18(12)28)17-4-5-19(29)26-20(17)30/h2-3,6-8,17,28H,4-5,9-10H2,1H3,(H2,24,25,32)(H,26,29,30). The number of amides is 5. The lowest BCUT2D eigenvalue weighted by molar-refractivity contribution is -0.136. The van der Waals surface area contributed by atoms with Crippen LogP contribution in [-0.2, 0) is 22.7 Å². The fourth-order valence-electron chi connectivity index (χ4n) is 3.82. The summed E-state index contributed by atoms with van der Waals surface area (Å²) in [6, 6.07) is 6.92. The van der Waals surface area contributed by atoms with Crippen LogP contribution in [0.5, 0.6) is 5.75 Å². The first-order valence-electron chi connectivity index (χ1n) is 10.0. The van der Waals surface area contributed by atoms with E-state index in [1.807, 2.05) is 6.92 Å². The number of urea groups is 1. The monoisotopic (exact) mass is 456 g/mol. The van der Waals surface area contributed by atoms with Crippen LogP contribution in [0.15, 0.2) is 30.3 Å². The molecule has 166 valence electrons. The maximum Gasteiger partial charge on any atom is 0.319 e. The van der Waals surface area contributed by atoms with Gasteiger partial charge >= 0.3 is 6.03 Å². The molecule has 0 spiro atoms. The molecule has 1 unspecified atom stereocenters. The first kappa shape index (κ1) is 21.6. The first-order valence-corrected chi connectivity index (χ1v) is 10.4. The van der Waals surface area contributed by atoms with Gasteiger partial charge in [0.15, 0.2) is 0 Å². The van der Waals surface area contributed by atoms with Crippen molar-refractivity contribution in [1.29, 1.82) is 0 Å². The number of phenolic OH excluding ortho intramolecular Hbond substituents is 1. The molecule has 2 heterocycles. The van der Waals surface area contributed by atoms with Crippen molar-refractivity contribution in [3.8, 4) is 5.75 Å². The Balaban J connectivity index is 1.43. The third-order valence-corrected chi connectivity index (χ3v) is 6.00. The number of aromatic hydroxyl groups is 1. The molecule has 4 rings (SSSR count). The highest BCUT2D eigenvalue weighted by Gasteiger charge is 2.39. The summed E-state index contributed by atoms with van der Waals surface area (Å²) in [5.74, 6) is -1.37. The molecule has 10 heteroatoms. The lowest BCUT2D eigenvalue weighted by atomic mass is 10.0. The maximum absolute atomic E-state index is 12.8. The van der Waals surface area contributed by atoms with Crippen LogP contribution in [-0.4, -0.2) is 39.8 Å². The van der Waals surface area contributed by atoms with Crippen LogP contribution >= 0.6 is 11.6 Å². The summed E-state index contributed by atoms with van der Waals surface area (Å²) in [5.41, 5.74) is 2.79. The van der Waals surface area contributed by atoms with Gasteiger partial charge < -0.3 is 20.6 Å². The Kier molecular flexibility index (Phi) is 5.75. The van der Waals surface area contributed by atoms with Gasteiger partial charge in [0.05, 0.1) is 0 Å². The molecule has 2 aliphatic heterocycles. The average molecular weight is 457 g/mol. The van der Waals surface area contributed by atoms with E-state index in [4.69, 9.17) is 11.6 Å². The molecule has 1 saturated heterocycles. The Bertz CT molecular complexity index is 1150. The molecular weight excluding hydrogens is 436 g/mol. The highest BCUT2D eigenvalue weighted by molar-refractivity contribution is 6.31. The number of phenols is 1. The van der Waals surface area contributed by atoms with Gasteiger partial charge in [0.25, 0.3) is 5.91 Å². The zero-order valence-corrected chi connectivity index (χ0v) is 18.0. The molecule has 2 aromatic rings. The number of aryl methyl sites for hydroxylation is 1. The Labute approximate surface area is 188 Å². The van der Waals surface area contributed by atoms with E-state index in [0.717, 1.165) is 5.56 Å². The number of anilines is 1. The first-order chi connectivity index (χ1) is 15.2. The van der Waals surface area contributed by atoms with E-state index in [1.165, 1.54) is 11.0 Å². The van der Waals surface area contributed by atoms with Gasteiger partial charge in [-0.1, -0.05) is 17.7 Å². The predicted molar refractivity (Wildman–Crippen MR) is 116 cm³/mol. The molecule has 4 N–H and O–H groups in total. The second-order valence-corrected chi connectivity index (χ2v) is 8.22. The summed E-state index contributed by atoms with van der Waals surface area (Å²) in [5, 5.41) is 18.5. The number of carbonyl (C=O) groups is 4. The van der Waals surface area contributed by atoms with Gasteiger partial charge in [-0.15, -0.1) is 0 Å². The Morgan fingerprint density at radius 1 is 1.25 bits per heavy atom. The summed E-state index contributed by atoms with van der Waals surface area (Å²) in [4.78, 5) is 49.9. The number of benzene rings is 2. The van der Waals surface area contributed by atoms with E-state index in [2.05, 4.69) is 16.0 Å². The topological polar surface area (TPSA) is 128 Å². The minimum absolute atomic E-state index is 0.0249. The zero-order valence-electron chi connectivity index (χ0n) is 17.2. The van der Waals surface area contributed by atoms with Crippen molar-refractivity contribution in [1.82, 2.24) is 15.5 Å². The quantitative estimate of drug-likeness (QED) is 0.525. The summed E-state index contributed by atoms with van der Waals surface area (Å²) >= 11 is 6.06. The van der Waals surface area contributed by atoms with Crippen LogP contribution in [0.4, 0.5) is 10.5 Å². The van der Waals surface area contributed by atoms with E-state index in [-0.39, 0.29) is 43.5 Å². The van der Waals surface area contributed by atoms with Gasteiger partial charge in [-0.2, -0.15) is 0 Å². The summed E-state index contributed by atoms with van der Waals surface area (Å²) < 4.78 is 0. The zero-order chi connectivity index (χ0) is 23.0. The van der Waals surface area contributed by atoms with Crippen molar-refractivity contribution in [2.24, 2.45) is 0 Å². The Morgan fingerprint density at radius 3 is 2.75 bits per heavy atom. The lowest BCUT2D eigenvalue weighted by Gasteiger charge is -2.29. The molecule has 9 nitrogen and oxygen atoms in total. The van der Waals surface area contributed by atoms with E-state index < -0.39 is 18.0 Å². The summed E-state index contributed by atoms with van der Waals surface area (Å²) in [6.45, 7) is 2.06. The molecule has 1 fully saturated rings. The number of nitrogens with one attached hydrogen (secondary N) is 3. The molecule has 2 aromatic carbocycles. The number of imide groups is 1. The fourth-order valence-corrected chi connectivity index (χ4v) is 4.00. The van der Waals surface area contributed by atoms with Crippen LogP contribution in [0, 0.1) is 6.92 Å². The number of hydrogen-bond acceptors (Lipinski definition) is 5. The molecule has 0 aliphatic carbocycles. The molecule has 0 radical (unpaired) electrons. The molecule has 1 atom stereocenters. The van der Waals surface area contributed by atoms with Gasteiger partial charge in [-0.05, 0) is 48.7 Å². The summed E-state index contributed by atoms with van der Waals surface area (Å²) in [7, 11) is 0. The molecule has 32 heavy (non-hydrogen) atoms. The van der Waals surface area contributed by atoms with E-state index in [1.54, 1.807) is 24.3 Å². The SMILES string of the molecule is Cc1ccc(NC(=O)NCc2cc3c(cc2O)C(=O)N(C2CCC(=O)NC2=O)C3)cc1Cl. The minimum Gasteiger partial charge on any atom is -0.508 e. The van der Waals surface area contributed by atoms with Crippen molar-refractivity contribution in [2.45, 2.75) is 38.9 Å². The van der Waals surface area contributed by atoms with E-state index >= 15 is 0 Å². The largest absolute Gasteiger partial charge is 0.508 e. The second-order valence-electron chi connectivity index (χ2n) is 7.81. The molecule has 5 amide bonds. The fraction of sp³-hybridized carbons (Fsp3) is 0.273. The number of hydrogen-bond donors (Lipinski definition) is 4. The number of carbonyl (C=O) groups excluding carboxylic acids is 4. The third kappa shape index (κ3) is 4.24. The van der Waals surface area contributed by atoms with Gasteiger partial charge in [0.2, 0.25) is 11.8 Å². The molecule has 0 saturated carbocycles. The molecule has 0 aromatic heterocycles. The van der Waals surface area contributed by atoms with Crippen molar-refractivity contribution >= 4 is 41.0 Å². The predicted octanol–water partition coefficient (Wildman–Crippen LogP) is 2.44. The van der Waals surface area contributed by atoms with Gasteiger partial charge in [0.1, 0.15) is 11.8 Å². The smallest absolute Gasteiger partial charge is 0.319 e. The Morgan fingerprint density at radius 2 is 2.03 bits per heavy atom. The van der Waals surface area contributed by atoms with Crippen molar-refractivity contribution in [3.63, 3.8) is 0 Å². The van der Waals surface area contributed by atoms with Crippen LogP contribution < -0.4 is 16.0 Å². The van der Waals surface area contributed by atoms with Gasteiger partial charge in [0, 0.05) is 41.3 Å². The maximum atomic E-state index is 12.8. The van der Waals surface area contributed by atoms with E-state index in [0.29, 0.717) is 27.4 Å². The van der Waals surface area contributed by atoms with Crippen LogP contribution in [0.3, 0.4) is 0 Å². The van der Waals surface area contributed by atoms with Crippen molar-refractivity contribution < 1.29 is 24.3 Å². The van der Waals surface area contributed by atoms with Crippen LogP contribution in [0.1, 0.15) is 39.9 Å².